The standard InChI is InChI=1S/C7H8O2.Al.3ClH/c1-9-7-4-2-3-6(8)5-7;;;;/h2-5,8H,1H3;;3*1H/q;+3;;;/p-3. The third kappa shape index (κ3) is 8.55. The molecule has 72 valence electrons. The van der Waals surface area contributed by atoms with E-state index in [-0.39, 0.29) is 60.3 Å². The van der Waals surface area contributed by atoms with E-state index in [4.69, 9.17) is 9.84 Å². The van der Waals surface area contributed by atoms with E-state index in [1.165, 1.54) is 0 Å². The molecule has 0 aliphatic heterocycles. The molecule has 0 heterocycles. The summed E-state index contributed by atoms with van der Waals surface area (Å²) in [5.41, 5.74) is 0. The van der Waals surface area contributed by atoms with E-state index in [2.05, 4.69) is 0 Å². The Balaban J connectivity index is -0.000000101. The van der Waals surface area contributed by atoms with E-state index in [0.29, 0.717) is 5.75 Å². The molecular weight excluding hydrogens is 249 g/mol. The molecule has 0 saturated heterocycles. The second-order valence-electron chi connectivity index (χ2n) is 1.70. The summed E-state index contributed by atoms with van der Waals surface area (Å²) in [5, 5.41) is 8.86. The molecule has 1 aromatic rings. The van der Waals surface area contributed by atoms with Crippen LogP contribution in [0.2, 0.25) is 0 Å². The number of hydrogen-bond acceptors (Lipinski definition) is 2. The van der Waals surface area contributed by atoms with Crippen LogP contribution >= 0.6 is 0 Å². The first-order chi connectivity index (χ1) is 4.33. The van der Waals surface area contributed by atoms with Gasteiger partial charge in [0.1, 0.15) is 11.5 Å². The summed E-state index contributed by atoms with van der Waals surface area (Å²) in [6.07, 6.45) is 0. The summed E-state index contributed by atoms with van der Waals surface area (Å²) in [6, 6.07) is 6.66. The number of rotatable bonds is 1. The van der Waals surface area contributed by atoms with Gasteiger partial charge in [-0.3, -0.25) is 0 Å². The molecule has 0 bridgehead atoms. The number of phenolic OH excluding ortho intramolecular Hbond substituents is 1. The average Bonchev–Trinajstić information content (AvgIpc) is 1.88. The number of hydrogen-bond donors (Lipinski definition) is 1. The van der Waals surface area contributed by atoms with Crippen molar-refractivity contribution in [2.75, 3.05) is 7.11 Å². The summed E-state index contributed by atoms with van der Waals surface area (Å²) in [4.78, 5) is 0. The summed E-state index contributed by atoms with van der Waals surface area (Å²) in [7, 11) is 1.56. The molecule has 0 radical (unpaired) electrons. The summed E-state index contributed by atoms with van der Waals surface area (Å²) in [5.74, 6) is 0.907. The monoisotopic (exact) mass is 256 g/mol. The van der Waals surface area contributed by atoms with Crippen LogP contribution < -0.4 is 42.0 Å². The van der Waals surface area contributed by atoms with Gasteiger partial charge in [-0.15, -0.1) is 0 Å². The second-order valence-corrected chi connectivity index (χ2v) is 1.70. The zero-order chi connectivity index (χ0) is 6.69. The van der Waals surface area contributed by atoms with Crippen LogP contribution in [-0.2, 0) is 0 Å². The van der Waals surface area contributed by atoms with Crippen LogP contribution in [0.3, 0.4) is 0 Å². The Morgan fingerprint density at radius 2 is 1.69 bits per heavy atom. The average molecular weight is 257 g/mol. The van der Waals surface area contributed by atoms with Crippen LogP contribution in [0, 0.1) is 0 Å². The Morgan fingerprint density at radius 1 is 1.15 bits per heavy atom. The van der Waals surface area contributed by atoms with E-state index < -0.39 is 0 Å². The van der Waals surface area contributed by atoms with Crippen LogP contribution in [0.15, 0.2) is 24.3 Å². The van der Waals surface area contributed by atoms with Crippen molar-refractivity contribution in [3.63, 3.8) is 0 Å². The number of methoxy groups -OCH3 is 1. The maximum absolute atomic E-state index is 8.86. The maximum atomic E-state index is 8.86. The third-order valence-electron chi connectivity index (χ3n) is 1.05. The first-order valence-electron chi connectivity index (χ1n) is 2.66. The van der Waals surface area contributed by atoms with Gasteiger partial charge < -0.3 is 47.1 Å². The van der Waals surface area contributed by atoms with Gasteiger partial charge in [-0.25, -0.2) is 0 Å². The molecule has 0 aliphatic rings. The van der Waals surface area contributed by atoms with E-state index in [1.807, 2.05) is 0 Å². The van der Waals surface area contributed by atoms with Crippen molar-refractivity contribution < 1.29 is 47.1 Å². The predicted octanol–water partition coefficient (Wildman–Crippen LogP) is -7.97. The van der Waals surface area contributed by atoms with Crippen molar-refractivity contribution in [3.05, 3.63) is 24.3 Å². The SMILES string of the molecule is COc1cccc(O)c1.[Al+3].[Cl-].[Cl-].[Cl-]. The number of benzene rings is 1. The van der Waals surface area contributed by atoms with Crippen molar-refractivity contribution in [3.8, 4) is 11.5 Å². The predicted molar refractivity (Wildman–Crippen MR) is 40.4 cm³/mol. The molecule has 0 amide bonds. The van der Waals surface area contributed by atoms with Crippen LogP contribution in [-0.4, -0.2) is 29.6 Å². The molecule has 13 heavy (non-hydrogen) atoms. The van der Waals surface area contributed by atoms with Crippen molar-refractivity contribution in [2.45, 2.75) is 0 Å². The topological polar surface area (TPSA) is 29.5 Å². The molecule has 0 unspecified atom stereocenters. The number of aromatic hydroxyl groups is 1. The second kappa shape index (κ2) is 12.2. The normalized spacial score (nSPS) is 6.23. The van der Waals surface area contributed by atoms with Gasteiger partial charge in [0, 0.05) is 6.07 Å². The summed E-state index contributed by atoms with van der Waals surface area (Å²) in [6.45, 7) is 0. The quantitative estimate of drug-likeness (QED) is 0.507. The fourth-order valence-electron chi connectivity index (χ4n) is 0.610. The van der Waals surface area contributed by atoms with Gasteiger partial charge in [0.05, 0.1) is 7.11 Å². The molecule has 0 aromatic heterocycles. The van der Waals surface area contributed by atoms with Gasteiger partial charge >= 0.3 is 17.4 Å². The minimum atomic E-state index is 0. The Bertz CT molecular complexity index is 211. The molecule has 6 heteroatoms. The van der Waals surface area contributed by atoms with E-state index in [9.17, 15) is 0 Å². The van der Waals surface area contributed by atoms with Crippen molar-refractivity contribution in [1.29, 1.82) is 0 Å². The van der Waals surface area contributed by atoms with Gasteiger partial charge in [-0.2, -0.15) is 0 Å². The van der Waals surface area contributed by atoms with E-state index in [1.54, 1.807) is 31.4 Å². The molecule has 0 saturated carbocycles. The Hall–Kier alpha value is 0.222. The molecule has 2 nitrogen and oxygen atoms in total. The molecule has 0 atom stereocenters. The first-order valence-corrected chi connectivity index (χ1v) is 2.66. The van der Waals surface area contributed by atoms with Crippen molar-refractivity contribution in [2.24, 2.45) is 0 Å². The molecule has 1 N–H and O–H groups in total. The Kier molecular flexibility index (Phi) is 21.8. The Morgan fingerprint density at radius 3 is 2.00 bits per heavy atom. The van der Waals surface area contributed by atoms with Gasteiger partial charge in [-0.1, -0.05) is 6.07 Å². The van der Waals surface area contributed by atoms with Gasteiger partial charge in [0.2, 0.25) is 0 Å². The van der Waals surface area contributed by atoms with Gasteiger partial charge in [-0.05, 0) is 12.1 Å². The van der Waals surface area contributed by atoms with Crippen LogP contribution in [0.5, 0.6) is 11.5 Å². The largest absolute Gasteiger partial charge is 3.00 e. The van der Waals surface area contributed by atoms with Crippen LogP contribution in [0.1, 0.15) is 0 Å². The van der Waals surface area contributed by atoms with Crippen molar-refractivity contribution >= 4 is 17.4 Å². The molecule has 0 spiro atoms. The maximum Gasteiger partial charge on any atom is 3.00 e. The smallest absolute Gasteiger partial charge is 1.00 e. The molecular formula is C7H8AlCl3O2. The number of halogens is 3. The minimum Gasteiger partial charge on any atom is -1.00 e. The first kappa shape index (κ1) is 23.2. The van der Waals surface area contributed by atoms with E-state index >= 15 is 0 Å². The summed E-state index contributed by atoms with van der Waals surface area (Å²) < 4.78 is 4.84. The fourth-order valence-corrected chi connectivity index (χ4v) is 0.610. The molecule has 1 rings (SSSR count). The third-order valence-corrected chi connectivity index (χ3v) is 1.05. The molecule has 1 aromatic carbocycles. The van der Waals surface area contributed by atoms with E-state index in [0.717, 1.165) is 0 Å². The zero-order valence-electron chi connectivity index (χ0n) is 6.88. The minimum absolute atomic E-state index is 0. The molecule has 0 aliphatic carbocycles. The van der Waals surface area contributed by atoms with Crippen LogP contribution in [0.4, 0.5) is 0 Å². The summed E-state index contributed by atoms with van der Waals surface area (Å²) >= 11 is 0. The van der Waals surface area contributed by atoms with Gasteiger partial charge in [0.15, 0.2) is 0 Å². The zero-order valence-corrected chi connectivity index (χ0v) is 10.3. The molecule has 0 fully saturated rings. The van der Waals surface area contributed by atoms with Gasteiger partial charge in [0.25, 0.3) is 0 Å². The number of phenols is 1. The fraction of sp³-hybridized carbons (Fsp3) is 0.143. The Labute approximate surface area is 107 Å². The number of ether oxygens (including phenoxy) is 1. The van der Waals surface area contributed by atoms with Crippen molar-refractivity contribution in [1.82, 2.24) is 0 Å². The van der Waals surface area contributed by atoms with Crippen LogP contribution in [0.25, 0.3) is 0 Å².